The number of anilines is 1. The van der Waals surface area contributed by atoms with E-state index < -0.39 is 21.9 Å². The van der Waals surface area contributed by atoms with Crippen LogP contribution in [-0.2, 0) is 33.5 Å². The SMILES string of the molecule is CO[C@H]1/C=C/C[C@H](C)CS(=O)(NC(=O)N[C@@H]2C[C@H]2c2cnn(C)c2)=NC(=O)c2ccc3c(c2)N(C[C@@H]2CC[C@H]21)C[C@@]1(CCCc2cc(C)ccc21)CO3. The molecule has 1 aromatic heterocycles. The molecule has 1 unspecified atom stereocenters. The van der Waals surface area contributed by atoms with E-state index in [4.69, 9.17) is 9.47 Å². The van der Waals surface area contributed by atoms with E-state index in [1.807, 2.05) is 32.3 Å². The van der Waals surface area contributed by atoms with Crippen molar-refractivity contribution in [3.8, 4) is 5.75 Å². The normalized spacial score (nSPS) is 32.9. The van der Waals surface area contributed by atoms with Crippen LogP contribution in [0.5, 0.6) is 5.75 Å². The largest absolute Gasteiger partial charge is 0.490 e. The maximum atomic E-state index is 14.6. The zero-order valence-electron chi connectivity index (χ0n) is 31.3. The van der Waals surface area contributed by atoms with Crippen LogP contribution in [-0.4, -0.2) is 70.6 Å². The topological polar surface area (TPSA) is 127 Å². The number of allylic oxidation sites excluding steroid dienone is 1. The molecule has 282 valence electrons. The molecule has 5 aliphatic rings. The van der Waals surface area contributed by atoms with Gasteiger partial charge in [-0.1, -0.05) is 42.8 Å². The van der Waals surface area contributed by atoms with E-state index in [0.29, 0.717) is 30.4 Å². The lowest BCUT2D eigenvalue weighted by atomic mass is 9.68. The maximum absolute atomic E-state index is 14.6. The summed E-state index contributed by atoms with van der Waals surface area (Å²) in [5, 5.41) is 7.19. The number of aromatic nitrogens is 2. The molecule has 53 heavy (non-hydrogen) atoms. The summed E-state index contributed by atoms with van der Waals surface area (Å²) < 4.78 is 36.0. The number of benzene rings is 2. The van der Waals surface area contributed by atoms with Crippen molar-refractivity contribution in [1.29, 1.82) is 0 Å². The third-order valence-corrected chi connectivity index (χ3v) is 14.2. The molecule has 3 aliphatic carbocycles. The van der Waals surface area contributed by atoms with Gasteiger partial charge in [0, 0.05) is 56.4 Å². The molecule has 2 bridgehead atoms. The zero-order valence-corrected chi connectivity index (χ0v) is 32.1. The van der Waals surface area contributed by atoms with Gasteiger partial charge >= 0.3 is 6.03 Å². The molecule has 0 radical (unpaired) electrons. The van der Waals surface area contributed by atoms with E-state index in [-0.39, 0.29) is 35.1 Å². The van der Waals surface area contributed by atoms with E-state index in [9.17, 15) is 13.8 Å². The molecule has 0 saturated heterocycles. The summed E-state index contributed by atoms with van der Waals surface area (Å²) in [4.78, 5) is 29.8. The smallest absolute Gasteiger partial charge is 0.327 e. The molecule has 8 rings (SSSR count). The number of ether oxygens (including phenoxy) is 2. The second kappa shape index (κ2) is 14.2. The van der Waals surface area contributed by atoms with Crippen molar-refractivity contribution in [2.24, 2.45) is 29.2 Å². The van der Waals surface area contributed by atoms with Gasteiger partial charge in [0.05, 0.1) is 30.3 Å². The first-order chi connectivity index (χ1) is 25.5. The number of carbonyl (C=O) groups is 2. The third kappa shape index (κ3) is 7.36. The molecule has 1 spiro atoms. The van der Waals surface area contributed by atoms with E-state index >= 15 is 0 Å². The van der Waals surface area contributed by atoms with Crippen LogP contribution >= 0.6 is 0 Å². The Morgan fingerprint density at radius 1 is 1.17 bits per heavy atom. The Balaban J connectivity index is 1.13. The van der Waals surface area contributed by atoms with Gasteiger partial charge in [0.1, 0.15) is 15.7 Å². The lowest BCUT2D eigenvalue weighted by Gasteiger charge is -2.46. The number of aryl methyl sites for hydroxylation is 3. The van der Waals surface area contributed by atoms with Crippen molar-refractivity contribution < 1.29 is 23.3 Å². The first-order valence-corrected chi connectivity index (χ1v) is 20.9. The van der Waals surface area contributed by atoms with Gasteiger partial charge < -0.3 is 19.7 Å². The Labute approximate surface area is 313 Å². The number of hydrogen-bond donors (Lipinski definition) is 2. The molecule has 3 heterocycles. The van der Waals surface area contributed by atoms with E-state index in [2.05, 4.69) is 61.7 Å². The minimum Gasteiger partial charge on any atom is -0.490 e. The highest BCUT2D eigenvalue weighted by Gasteiger charge is 2.45. The number of rotatable bonds is 4. The van der Waals surface area contributed by atoms with Gasteiger partial charge in [-0.05, 0) is 105 Å². The van der Waals surface area contributed by atoms with Crippen LogP contribution in [0.25, 0.3) is 0 Å². The molecule has 12 heteroatoms. The van der Waals surface area contributed by atoms with Crippen molar-refractivity contribution in [2.75, 3.05) is 37.5 Å². The summed E-state index contributed by atoms with van der Waals surface area (Å²) in [6.45, 7) is 6.25. The van der Waals surface area contributed by atoms with Crippen LogP contribution in [0.3, 0.4) is 0 Å². The summed E-state index contributed by atoms with van der Waals surface area (Å²) in [5.41, 5.74) is 6.05. The Kier molecular flexibility index (Phi) is 9.63. The summed E-state index contributed by atoms with van der Waals surface area (Å²) in [5.74, 6) is 0.925. The fourth-order valence-electron chi connectivity index (χ4n) is 9.22. The Hall–Kier alpha value is -4.16. The van der Waals surface area contributed by atoms with Crippen LogP contribution in [0, 0.1) is 24.7 Å². The molecule has 11 nitrogen and oxygen atoms in total. The van der Waals surface area contributed by atoms with E-state index in [1.165, 1.54) is 16.7 Å². The van der Waals surface area contributed by atoms with E-state index in [0.717, 1.165) is 68.6 Å². The molecule has 2 saturated carbocycles. The number of nitrogens with one attached hydrogen (secondary N) is 2. The molecule has 2 aliphatic heterocycles. The number of fused-ring (bicyclic) bond motifs is 4. The highest BCUT2D eigenvalue weighted by molar-refractivity contribution is 7.92. The van der Waals surface area contributed by atoms with Gasteiger partial charge in [-0.3, -0.25) is 14.2 Å². The average molecular weight is 741 g/mol. The number of urea groups is 1. The molecule has 8 atom stereocenters. The van der Waals surface area contributed by atoms with Crippen molar-refractivity contribution in [3.63, 3.8) is 0 Å². The fourth-order valence-corrected chi connectivity index (χ4v) is 11.1. The summed E-state index contributed by atoms with van der Waals surface area (Å²) in [7, 11) is 0.138. The number of methoxy groups -OCH3 is 1. The summed E-state index contributed by atoms with van der Waals surface area (Å²) in [6, 6.07) is 11.6. The van der Waals surface area contributed by atoms with E-state index in [1.54, 1.807) is 24.1 Å². The first-order valence-electron chi connectivity index (χ1n) is 19.2. The molecule has 2 aromatic carbocycles. The van der Waals surface area contributed by atoms with Crippen molar-refractivity contribution in [2.45, 2.75) is 82.3 Å². The van der Waals surface area contributed by atoms with Gasteiger partial charge in [0.2, 0.25) is 0 Å². The minimum absolute atomic E-state index is 0.0263. The van der Waals surface area contributed by atoms with Gasteiger partial charge in [0.15, 0.2) is 0 Å². The lowest BCUT2D eigenvalue weighted by Crippen LogP contribution is -2.49. The summed E-state index contributed by atoms with van der Waals surface area (Å²) >= 11 is 0. The monoisotopic (exact) mass is 740 g/mol. The number of amides is 3. The van der Waals surface area contributed by atoms with Gasteiger partial charge in [-0.2, -0.15) is 5.10 Å². The fraction of sp³-hybridized carbons (Fsp3) is 0.537. The predicted molar refractivity (Wildman–Crippen MR) is 206 cm³/mol. The van der Waals surface area contributed by atoms with Gasteiger partial charge in [-0.15, -0.1) is 4.36 Å². The Morgan fingerprint density at radius 2 is 2.04 bits per heavy atom. The second-order valence-corrected chi connectivity index (χ2v) is 18.3. The van der Waals surface area contributed by atoms with Crippen LogP contribution in [0.1, 0.15) is 84.0 Å². The van der Waals surface area contributed by atoms with Crippen molar-refractivity contribution in [3.05, 3.63) is 88.8 Å². The Morgan fingerprint density at radius 3 is 2.81 bits per heavy atom. The molecule has 2 N–H and O–H groups in total. The van der Waals surface area contributed by atoms with Crippen molar-refractivity contribution >= 4 is 27.5 Å². The van der Waals surface area contributed by atoms with Crippen molar-refractivity contribution in [1.82, 2.24) is 19.8 Å². The zero-order chi connectivity index (χ0) is 36.9. The predicted octanol–water partition coefficient (Wildman–Crippen LogP) is 6.22. The molecule has 2 fully saturated rings. The summed E-state index contributed by atoms with van der Waals surface area (Å²) in [6.07, 6.45) is 14.7. The van der Waals surface area contributed by atoms with Crippen LogP contribution < -0.4 is 19.7 Å². The first kappa shape index (κ1) is 35.8. The Bertz CT molecular complexity index is 2050. The van der Waals surface area contributed by atoms with Crippen LogP contribution in [0.2, 0.25) is 0 Å². The van der Waals surface area contributed by atoms with Crippen LogP contribution in [0.15, 0.2) is 65.3 Å². The highest BCUT2D eigenvalue weighted by atomic mass is 32.2. The molecule has 3 aromatic rings. The minimum atomic E-state index is -3.50. The van der Waals surface area contributed by atoms with Crippen LogP contribution in [0.4, 0.5) is 10.5 Å². The molecular weight excluding hydrogens is 689 g/mol. The lowest BCUT2D eigenvalue weighted by molar-refractivity contribution is 0.0131. The number of carbonyl (C=O) groups excluding carboxylic acids is 2. The number of hydrogen-bond acceptors (Lipinski definition) is 7. The average Bonchev–Trinajstić information content (AvgIpc) is 3.76. The molecule has 3 amide bonds. The quantitative estimate of drug-likeness (QED) is 0.305. The number of nitrogens with zero attached hydrogens (tertiary/aromatic N) is 4. The van der Waals surface area contributed by atoms with Gasteiger partial charge in [-0.25, -0.2) is 9.00 Å². The third-order valence-electron chi connectivity index (χ3n) is 12.2. The molecular formula is C41H52N6O5S. The van der Waals surface area contributed by atoms with Gasteiger partial charge in [0.25, 0.3) is 5.91 Å². The highest BCUT2D eigenvalue weighted by Crippen LogP contribution is 2.47. The maximum Gasteiger partial charge on any atom is 0.327 e. The standard InChI is InChI=1S/C41H52N6O5S/c1-26-10-14-34-28(17-26)8-6-16-41(34)24-47-22-30-11-13-32(30)37(51-4)9-5-7-27(2)23-53(50,44-39(48)29-12-15-38(52-25-41)36(47)18-29)45-40(49)43-35-19-33(35)31-20-42-46(3)21-31/h5,9-10,12,14-15,17-18,20-21,27,30,32-33,35,37H,6-8,11,13,16,19,22-25H2,1-4H3,(H2,43,44,45,48,49,50)/b9-5+/t27-,30-,32+,33-,35+,37-,41-,53?/m0/s1. The second-order valence-electron chi connectivity index (χ2n) is 16.3.